The first-order chi connectivity index (χ1) is 12.6. The molecule has 1 saturated carbocycles. The maximum atomic E-state index is 14.5. The van der Waals surface area contributed by atoms with Crippen LogP contribution in [0, 0.1) is 11.6 Å². The first kappa shape index (κ1) is 15.5. The Kier molecular flexibility index (Phi) is 3.38. The summed E-state index contributed by atoms with van der Waals surface area (Å²) in [4.78, 5) is 21.2. The summed E-state index contributed by atoms with van der Waals surface area (Å²) in [7, 11) is 0. The molecule has 0 spiro atoms. The highest BCUT2D eigenvalue weighted by Gasteiger charge is 2.38. The number of carbonyl (C=O) groups is 1. The summed E-state index contributed by atoms with van der Waals surface area (Å²) in [6.45, 7) is 0. The second-order valence-corrected chi connectivity index (χ2v) is 7.03. The number of benzene rings is 1. The van der Waals surface area contributed by atoms with Crippen molar-refractivity contribution < 1.29 is 13.6 Å². The van der Waals surface area contributed by atoms with Gasteiger partial charge in [-0.1, -0.05) is 18.9 Å². The molecule has 1 unspecified atom stereocenters. The molecule has 1 aromatic carbocycles. The van der Waals surface area contributed by atoms with Crippen molar-refractivity contribution in [1.29, 1.82) is 0 Å². The Morgan fingerprint density at radius 3 is 2.73 bits per heavy atom. The Morgan fingerprint density at radius 2 is 1.92 bits per heavy atom. The number of rotatable bonds is 2. The Morgan fingerprint density at radius 1 is 1.12 bits per heavy atom. The van der Waals surface area contributed by atoms with Crippen LogP contribution >= 0.6 is 0 Å². The predicted octanol–water partition coefficient (Wildman–Crippen LogP) is 3.48. The third kappa shape index (κ3) is 2.12. The van der Waals surface area contributed by atoms with Gasteiger partial charge in [0.15, 0.2) is 23.1 Å². The van der Waals surface area contributed by atoms with E-state index in [1.54, 1.807) is 6.20 Å². The molecule has 0 amide bonds. The van der Waals surface area contributed by atoms with Crippen LogP contribution < -0.4 is 0 Å². The molecule has 5 nitrogen and oxygen atoms in total. The largest absolute Gasteiger partial charge is 0.298 e. The third-order valence-electron chi connectivity index (χ3n) is 5.56. The van der Waals surface area contributed by atoms with Crippen LogP contribution in [0.25, 0.3) is 11.0 Å². The van der Waals surface area contributed by atoms with Crippen LogP contribution in [0.2, 0.25) is 0 Å². The highest BCUT2D eigenvalue weighted by molar-refractivity contribution is 5.98. The first-order valence-corrected chi connectivity index (χ1v) is 8.82. The number of hydrogen-bond donors (Lipinski definition) is 0. The molecule has 7 heteroatoms. The van der Waals surface area contributed by atoms with Gasteiger partial charge in [0.2, 0.25) is 0 Å². The van der Waals surface area contributed by atoms with Crippen LogP contribution in [0.15, 0.2) is 24.7 Å². The lowest BCUT2D eigenvalue weighted by molar-refractivity contribution is -0.118. The van der Waals surface area contributed by atoms with Crippen molar-refractivity contribution in [1.82, 2.24) is 19.7 Å². The number of carbonyl (C=O) groups excluding carboxylic acids is 1. The molecule has 132 valence electrons. The normalized spacial score (nSPS) is 20.2. The van der Waals surface area contributed by atoms with Crippen molar-refractivity contribution in [3.63, 3.8) is 0 Å². The van der Waals surface area contributed by atoms with Gasteiger partial charge in [-0.15, -0.1) is 0 Å². The van der Waals surface area contributed by atoms with E-state index >= 15 is 0 Å². The quantitative estimate of drug-likeness (QED) is 0.707. The average Bonchev–Trinajstić information content (AvgIpc) is 3.35. The maximum absolute atomic E-state index is 14.5. The second-order valence-electron chi connectivity index (χ2n) is 7.03. The van der Waals surface area contributed by atoms with Crippen LogP contribution in [0.5, 0.6) is 0 Å². The van der Waals surface area contributed by atoms with Crippen molar-refractivity contribution in [2.45, 2.75) is 44.1 Å². The zero-order valence-corrected chi connectivity index (χ0v) is 14.0. The standard InChI is InChI=1S/C19H16F2N4O/c20-13-6-5-10-7-14(26)16(15(10)17(13)21)18-12-8-24-25(11-3-1-2-4-11)19(12)23-9-22-18/h5-6,8-9,11,16H,1-4,7H2. The number of fused-ring (bicyclic) bond motifs is 2. The fraction of sp³-hybridized carbons (Fsp3) is 0.368. The predicted molar refractivity (Wildman–Crippen MR) is 89.7 cm³/mol. The lowest BCUT2D eigenvalue weighted by Gasteiger charge is -2.13. The summed E-state index contributed by atoms with van der Waals surface area (Å²) in [5.74, 6) is -3.01. The summed E-state index contributed by atoms with van der Waals surface area (Å²) in [6.07, 6.45) is 7.51. The summed E-state index contributed by atoms with van der Waals surface area (Å²) in [5, 5.41) is 5.10. The maximum Gasteiger partial charge on any atom is 0.163 e. The third-order valence-corrected chi connectivity index (χ3v) is 5.56. The van der Waals surface area contributed by atoms with Gasteiger partial charge in [0, 0.05) is 12.0 Å². The Bertz CT molecular complexity index is 1040. The summed E-state index contributed by atoms with van der Waals surface area (Å²) in [5.41, 5.74) is 1.69. The van der Waals surface area contributed by atoms with E-state index in [-0.39, 0.29) is 23.8 Å². The smallest absolute Gasteiger partial charge is 0.163 e. The molecular formula is C19H16F2N4O. The van der Waals surface area contributed by atoms with Gasteiger partial charge >= 0.3 is 0 Å². The topological polar surface area (TPSA) is 60.7 Å². The molecule has 2 aliphatic rings. The van der Waals surface area contributed by atoms with Crippen LogP contribution in [-0.2, 0) is 11.2 Å². The van der Waals surface area contributed by atoms with Gasteiger partial charge in [-0.05, 0) is 24.5 Å². The first-order valence-electron chi connectivity index (χ1n) is 8.82. The molecule has 0 radical (unpaired) electrons. The number of hydrogen-bond acceptors (Lipinski definition) is 4. The minimum absolute atomic E-state index is 0.0828. The molecule has 2 heterocycles. The van der Waals surface area contributed by atoms with E-state index in [0.717, 1.165) is 31.7 Å². The van der Waals surface area contributed by atoms with E-state index in [2.05, 4.69) is 15.1 Å². The molecule has 3 aromatic rings. The van der Waals surface area contributed by atoms with E-state index in [1.165, 1.54) is 12.4 Å². The van der Waals surface area contributed by atoms with Crippen LogP contribution in [0.1, 0.15) is 54.5 Å². The highest BCUT2D eigenvalue weighted by Crippen LogP contribution is 2.40. The lowest BCUT2D eigenvalue weighted by atomic mass is 9.94. The lowest BCUT2D eigenvalue weighted by Crippen LogP contribution is -2.13. The Labute approximate surface area is 148 Å². The van der Waals surface area contributed by atoms with Crippen molar-refractivity contribution in [3.8, 4) is 0 Å². The minimum Gasteiger partial charge on any atom is -0.298 e. The molecule has 1 fully saturated rings. The van der Waals surface area contributed by atoms with Gasteiger partial charge in [0.1, 0.15) is 6.33 Å². The molecule has 0 aliphatic heterocycles. The van der Waals surface area contributed by atoms with Crippen LogP contribution in [-0.4, -0.2) is 25.5 Å². The second kappa shape index (κ2) is 5.65. The van der Waals surface area contributed by atoms with Crippen LogP contribution in [0.4, 0.5) is 8.78 Å². The summed E-state index contributed by atoms with van der Waals surface area (Å²) >= 11 is 0. The van der Waals surface area contributed by atoms with Crippen molar-refractivity contribution in [3.05, 3.63) is 53.1 Å². The SMILES string of the molecule is O=C1Cc2ccc(F)c(F)c2C1c1ncnc2c1cnn2C1CCCC1. The molecule has 2 aliphatic carbocycles. The van der Waals surface area contributed by atoms with Gasteiger partial charge < -0.3 is 0 Å². The summed E-state index contributed by atoms with van der Waals surface area (Å²) in [6, 6.07) is 2.83. The van der Waals surface area contributed by atoms with Gasteiger partial charge in [0.05, 0.1) is 29.2 Å². The van der Waals surface area contributed by atoms with E-state index in [4.69, 9.17) is 0 Å². The van der Waals surface area contributed by atoms with Gasteiger partial charge in [-0.25, -0.2) is 23.4 Å². The minimum atomic E-state index is -0.965. The average molecular weight is 354 g/mol. The number of halogens is 2. The van der Waals surface area contributed by atoms with Crippen molar-refractivity contribution in [2.75, 3.05) is 0 Å². The number of nitrogens with zero attached hydrogens (tertiary/aromatic N) is 4. The zero-order valence-electron chi connectivity index (χ0n) is 14.0. The van der Waals surface area contributed by atoms with E-state index in [9.17, 15) is 13.6 Å². The van der Waals surface area contributed by atoms with Gasteiger partial charge in [0.25, 0.3) is 0 Å². The molecule has 26 heavy (non-hydrogen) atoms. The van der Waals surface area contributed by atoms with Crippen molar-refractivity contribution >= 4 is 16.8 Å². The molecule has 1 atom stereocenters. The Balaban J connectivity index is 1.69. The molecule has 0 bridgehead atoms. The van der Waals surface area contributed by atoms with E-state index < -0.39 is 17.6 Å². The Hall–Kier alpha value is -2.70. The molecule has 2 aromatic heterocycles. The number of ketones is 1. The highest BCUT2D eigenvalue weighted by atomic mass is 19.2. The zero-order chi connectivity index (χ0) is 17.8. The number of aromatic nitrogens is 4. The van der Waals surface area contributed by atoms with Crippen molar-refractivity contribution in [2.24, 2.45) is 0 Å². The fourth-order valence-corrected chi connectivity index (χ4v) is 4.34. The monoisotopic (exact) mass is 354 g/mol. The molecular weight excluding hydrogens is 338 g/mol. The van der Waals surface area contributed by atoms with Gasteiger partial charge in [-0.2, -0.15) is 5.10 Å². The molecule has 0 saturated heterocycles. The fourth-order valence-electron chi connectivity index (χ4n) is 4.34. The van der Waals surface area contributed by atoms with Crippen LogP contribution in [0.3, 0.4) is 0 Å². The molecule has 0 N–H and O–H groups in total. The van der Waals surface area contributed by atoms with Gasteiger partial charge in [-0.3, -0.25) is 4.79 Å². The molecule has 5 rings (SSSR count). The van der Waals surface area contributed by atoms with E-state index in [1.807, 2.05) is 4.68 Å². The van der Waals surface area contributed by atoms with E-state index in [0.29, 0.717) is 22.3 Å². The summed E-state index contributed by atoms with van der Waals surface area (Å²) < 4.78 is 30.1. The number of Topliss-reactive ketones (excluding diaryl/α,β-unsaturated/α-hetero) is 1.